The molecule has 0 amide bonds. The molecule has 0 aromatic carbocycles. The van der Waals surface area contributed by atoms with E-state index >= 15 is 0 Å². The molecule has 114 valence electrons. The van der Waals surface area contributed by atoms with Gasteiger partial charge in [-0.05, 0) is 31.5 Å². The van der Waals surface area contributed by atoms with Gasteiger partial charge in [0.25, 0.3) is 0 Å². The topological polar surface area (TPSA) is 151 Å². The number of hydrogen-bond acceptors (Lipinski definition) is 6. The van der Waals surface area contributed by atoms with Gasteiger partial charge in [-0.15, -0.1) is 0 Å². The van der Waals surface area contributed by atoms with Gasteiger partial charge in [-0.2, -0.15) is 0 Å². The molecule has 0 aliphatic carbocycles. The van der Waals surface area contributed by atoms with E-state index in [1.165, 1.54) is 6.21 Å². The number of nitrogens with two attached hydrogens (primary N) is 2. The molecule has 8 nitrogen and oxygen atoms in total. The summed E-state index contributed by atoms with van der Waals surface area (Å²) in [5.74, 6) is -0.937. The molecule has 6 N–H and O–H groups in total. The lowest BCUT2D eigenvalue weighted by molar-refractivity contribution is -0.138. The van der Waals surface area contributed by atoms with E-state index in [0.29, 0.717) is 25.1 Å². The van der Waals surface area contributed by atoms with E-state index in [-0.39, 0.29) is 0 Å². The number of carboxylic acids is 1. The molecule has 0 spiro atoms. The summed E-state index contributed by atoms with van der Waals surface area (Å²) in [4.78, 5) is 22.8. The smallest absolute Gasteiger partial charge is 0.328 e. The molecule has 1 aromatic rings. The maximum atomic E-state index is 10.9. The van der Waals surface area contributed by atoms with Crippen molar-refractivity contribution in [3.63, 3.8) is 0 Å². The Morgan fingerprint density at radius 1 is 1.52 bits per heavy atom. The zero-order chi connectivity index (χ0) is 15.9. The first-order chi connectivity index (χ1) is 10.2. The first kappa shape index (κ1) is 18.4. The zero-order valence-electron chi connectivity index (χ0n) is 11.6. The lowest BCUT2D eigenvalue weighted by Gasteiger charge is -2.04. The highest BCUT2D eigenvalue weighted by Crippen LogP contribution is 2.01. The number of nitrogens with one attached hydrogen (secondary N) is 1. The minimum absolute atomic E-state index is 0.446. The summed E-state index contributed by atoms with van der Waals surface area (Å²) in [6.07, 6.45) is 11.4. The van der Waals surface area contributed by atoms with Gasteiger partial charge < -0.3 is 16.6 Å². The van der Waals surface area contributed by atoms with Crippen LogP contribution in [0.1, 0.15) is 18.5 Å². The van der Waals surface area contributed by atoms with Gasteiger partial charge in [-0.3, -0.25) is 20.4 Å². The van der Waals surface area contributed by atoms with Crippen LogP contribution in [-0.4, -0.2) is 46.2 Å². The van der Waals surface area contributed by atoms with Crippen LogP contribution in [0.4, 0.5) is 0 Å². The number of nitrogens with zero attached hydrogens (tertiary/aromatic N) is 3. The van der Waals surface area contributed by atoms with Crippen LogP contribution in [0.3, 0.4) is 0 Å². The van der Waals surface area contributed by atoms with Gasteiger partial charge in [-0.1, -0.05) is 0 Å². The van der Waals surface area contributed by atoms with E-state index in [4.69, 9.17) is 16.2 Å². The molecule has 1 rings (SSSR count). The third-order valence-corrected chi connectivity index (χ3v) is 2.17. The van der Waals surface area contributed by atoms with Crippen molar-refractivity contribution in [2.45, 2.75) is 18.9 Å². The van der Waals surface area contributed by atoms with E-state index in [9.17, 15) is 4.79 Å². The average molecular weight is 292 g/mol. The van der Waals surface area contributed by atoms with E-state index in [2.05, 4.69) is 20.7 Å². The van der Waals surface area contributed by atoms with Crippen LogP contribution in [0.5, 0.6) is 0 Å². The van der Waals surface area contributed by atoms with Crippen molar-refractivity contribution in [2.24, 2.45) is 16.5 Å². The Morgan fingerprint density at radius 3 is 2.76 bits per heavy atom. The predicted molar refractivity (Wildman–Crippen MR) is 82.2 cm³/mol. The molecular weight excluding hydrogens is 272 g/mol. The molecule has 8 heteroatoms. The van der Waals surface area contributed by atoms with Crippen LogP contribution in [-0.2, 0) is 4.79 Å². The number of carbonyl (C=O) groups is 1. The number of aliphatic imine (C=N–C) groups is 1. The van der Waals surface area contributed by atoms with Crippen LogP contribution in [0, 0.1) is 5.41 Å². The average Bonchev–Trinajstić information content (AvgIpc) is 2.48. The second-order valence-corrected chi connectivity index (χ2v) is 3.74. The van der Waals surface area contributed by atoms with Crippen molar-refractivity contribution in [1.82, 2.24) is 9.97 Å². The number of aromatic nitrogens is 2. The van der Waals surface area contributed by atoms with Crippen LogP contribution in [0.15, 0.2) is 29.7 Å². The lowest BCUT2D eigenvalue weighted by Crippen LogP contribution is -2.19. The standard InChI is InChI=1S/C12H16N4O2.CH4N2/c13-5-1-4-11(12(17)18)16-6-2-3-10-9-14-7-8-15-10;2-1-3/h2-3,6-9,11H,1,4-5,13H2,(H,17,18);1H,(H3,2,3)/b3-2+,16-6?;. The summed E-state index contributed by atoms with van der Waals surface area (Å²) in [5.41, 5.74) is 10.4. The van der Waals surface area contributed by atoms with Crippen molar-refractivity contribution in [3.05, 3.63) is 30.4 Å². The van der Waals surface area contributed by atoms with Crippen LogP contribution >= 0.6 is 0 Å². The van der Waals surface area contributed by atoms with Gasteiger partial charge in [0.05, 0.1) is 18.2 Å². The quantitative estimate of drug-likeness (QED) is 0.419. The van der Waals surface area contributed by atoms with Gasteiger partial charge in [0.2, 0.25) is 0 Å². The maximum absolute atomic E-state index is 10.9. The Bertz CT molecular complexity index is 461. The van der Waals surface area contributed by atoms with E-state index in [1.54, 1.807) is 30.7 Å². The van der Waals surface area contributed by atoms with E-state index < -0.39 is 12.0 Å². The number of aliphatic carboxylic acids is 1. The Kier molecular flexibility index (Phi) is 10.9. The fourth-order valence-electron chi connectivity index (χ4n) is 1.26. The molecule has 1 aromatic heterocycles. The Labute approximate surface area is 123 Å². The summed E-state index contributed by atoms with van der Waals surface area (Å²) in [5, 5.41) is 14.8. The first-order valence-corrected chi connectivity index (χ1v) is 6.25. The van der Waals surface area contributed by atoms with Gasteiger partial charge in [0.15, 0.2) is 0 Å². The summed E-state index contributed by atoms with van der Waals surface area (Å²) in [6, 6.07) is -0.736. The van der Waals surface area contributed by atoms with Crippen molar-refractivity contribution < 1.29 is 9.90 Å². The number of rotatable bonds is 7. The summed E-state index contributed by atoms with van der Waals surface area (Å²) < 4.78 is 0. The highest BCUT2D eigenvalue weighted by molar-refractivity contribution is 5.81. The summed E-state index contributed by atoms with van der Waals surface area (Å²) in [6.45, 7) is 0.467. The molecule has 0 saturated carbocycles. The second-order valence-electron chi connectivity index (χ2n) is 3.74. The van der Waals surface area contributed by atoms with Crippen molar-refractivity contribution in [2.75, 3.05) is 6.54 Å². The summed E-state index contributed by atoms with van der Waals surface area (Å²) >= 11 is 0. The molecule has 0 radical (unpaired) electrons. The molecule has 0 aliphatic rings. The van der Waals surface area contributed by atoms with Gasteiger partial charge in [0, 0.05) is 18.6 Å². The number of allylic oxidation sites excluding steroid dienone is 1. The highest BCUT2D eigenvalue weighted by atomic mass is 16.4. The lowest BCUT2D eigenvalue weighted by atomic mass is 10.1. The Balaban J connectivity index is 0.00000122. The molecule has 1 unspecified atom stereocenters. The van der Waals surface area contributed by atoms with Crippen molar-refractivity contribution >= 4 is 24.6 Å². The molecule has 0 aliphatic heterocycles. The van der Waals surface area contributed by atoms with Gasteiger partial charge >= 0.3 is 5.97 Å². The van der Waals surface area contributed by atoms with Crippen molar-refractivity contribution in [1.29, 1.82) is 5.41 Å². The van der Waals surface area contributed by atoms with Crippen LogP contribution in [0.2, 0.25) is 0 Å². The second kappa shape index (κ2) is 12.4. The summed E-state index contributed by atoms with van der Waals surface area (Å²) in [7, 11) is 0. The third kappa shape index (κ3) is 9.91. The number of carboxylic acid groups (broad SMARTS) is 1. The minimum Gasteiger partial charge on any atom is -0.480 e. The fraction of sp³-hybridized carbons (Fsp3) is 0.308. The molecule has 21 heavy (non-hydrogen) atoms. The minimum atomic E-state index is -0.937. The SMILES string of the molecule is N=CN.NCCCC(N=C/C=C/c1cnccn1)C(=O)O. The van der Waals surface area contributed by atoms with E-state index in [1.807, 2.05) is 0 Å². The van der Waals surface area contributed by atoms with Gasteiger partial charge in [0.1, 0.15) is 6.04 Å². The highest BCUT2D eigenvalue weighted by Gasteiger charge is 2.13. The van der Waals surface area contributed by atoms with Crippen molar-refractivity contribution in [3.8, 4) is 0 Å². The molecule has 1 heterocycles. The van der Waals surface area contributed by atoms with Gasteiger partial charge in [-0.25, -0.2) is 4.79 Å². The Hall–Kier alpha value is -2.61. The molecular formula is C13H20N6O2. The zero-order valence-corrected chi connectivity index (χ0v) is 11.6. The predicted octanol–water partition coefficient (Wildman–Crippen LogP) is 0.305. The molecule has 1 atom stereocenters. The maximum Gasteiger partial charge on any atom is 0.328 e. The normalized spacial score (nSPS) is 11.9. The van der Waals surface area contributed by atoms with E-state index in [0.717, 1.165) is 6.34 Å². The number of hydrogen-bond donors (Lipinski definition) is 4. The fourth-order valence-corrected chi connectivity index (χ4v) is 1.26. The Morgan fingerprint density at radius 2 is 2.24 bits per heavy atom. The molecule has 0 fully saturated rings. The third-order valence-electron chi connectivity index (χ3n) is 2.17. The monoisotopic (exact) mass is 292 g/mol. The van der Waals surface area contributed by atoms with Crippen LogP contribution in [0.25, 0.3) is 6.08 Å². The molecule has 0 bridgehead atoms. The molecule has 0 saturated heterocycles. The van der Waals surface area contributed by atoms with Crippen LogP contribution < -0.4 is 11.5 Å². The largest absolute Gasteiger partial charge is 0.480 e. The first-order valence-electron chi connectivity index (χ1n) is 6.25.